The Balaban J connectivity index is 1.41. The summed E-state index contributed by atoms with van der Waals surface area (Å²) in [7, 11) is -8.62. The zero-order valence-electron chi connectivity index (χ0n) is 24.2. The molecule has 9 nitrogen and oxygen atoms in total. The van der Waals surface area contributed by atoms with Crippen molar-refractivity contribution in [1.82, 2.24) is 9.03 Å². The number of anilines is 2. The fraction of sp³-hybridized carbons (Fsp3) is 0.250. The second-order valence-corrected chi connectivity index (χ2v) is 14.7. The molecule has 2 heterocycles. The SMILES string of the molecule is O=S(=O)(N[C@@H]1CN(S(=O)(=O)c2ccccc2)C[C@H](N2c3ccccc3CCc3ccccc32)[C@H]1O)c1ccc(OC(F)(F)F)cc1. The molecule has 0 aliphatic carbocycles. The maximum Gasteiger partial charge on any atom is 0.573 e. The summed E-state index contributed by atoms with van der Waals surface area (Å²) >= 11 is 0. The number of aliphatic hydroxyl groups is 1. The molecule has 0 radical (unpaired) electrons. The van der Waals surface area contributed by atoms with Crippen LogP contribution >= 0.6 is 0 Å². The fourth-order valence-electron chi connectivity index (χ4n) is 6.02. The molecule has 3 atom stereocenters. The Morgan fingerprint density at radius 1 is 0.717 bits per heavy atom. The molecule has 14 heteroatoms. The van der Waals surface area contributed by atoms with Crippen LogP contribution in [-0.4, -0.2) is 63.9 Å². The Bertz CT molecular complexity index is 1880. The number of aliphatic hydroxyl groups excluding tert-OH is 1. The second kappa shape index (κ2) is 12.3. The molecule has 4 aromatic carbocycles. The summed E-state index contributed by atoms with van der Waals surface area (Å²) in [5.41, 5.74) is 3.48. The minimum atomic E-state index is -4.96. The number of fused-ring (bicyclic) bond motifs is 2. The van der Waals surface area contributed by atoms with Gasteiger partial charge in [-0.25, -0.2) is 21.6 Å². The maximum atomic E-state index is 14.0. The van der Waals surface area contributed by atoms with Gasteiger partial charge in [-0.2, -0.15) is 4.31 Å². The minimum Gasteiger partial charge on any atom is -0.406 e. The summed E-state index contributed by atoms with van der Waals surface area (Å²) in [5, 5.41) is 11.9. The van der Waals surface area contributed by atoms with Gasteiger partial charge in [-0.3, -0.25) is 0 Å². The smallest absolute Gasteiger partial charge is 0.406 e. The van der Waals surface area contributed by atoms with E-state index in [4.69, 9.17) is 0 Å². The van der Waals surface area contributed by atoms with Gasteiger partial charge in [-0.05, 0) is 72.5 Å². The summed E-state index contributed by atoms with van der Waals surface area (Å²) in [4.78, 5) is 1.50. The van der Waals surface area contributed by atoms with Gasteiger partial charge in [-0.1, -0.05) is 54.6 Å². The monoisotopic (exact) mass is 673 g/mol. The van der Waals surface area contributed by atoms with E-state index >= 15 is 0 Å². The number of halogens is 3. The molecule has 0 aromatic heterocycles. The third kappa shape index (κ3) is 6.48. The van der Waals surface area contributed by atoms with Crippen LogP contribution in [0.25, 0.3) is 0 Å². The van der Waals surface area contributed by atoms with E-state index in [1.165, 1.54) is 12.1 Å². The highest BCUT2D eigenvalue weighted by Gasteiger charge is 2.46. The predicted octanol–water partition coefficient (Wildman–Crippen LogP) is 4.60. The molecular formula is C32H30F3N3O6S2. The lowest BCUT2D eigenvalue weighted by Crippen LogP contribution is -2.65. The van der Waals surface area contributed by atoms with Crippen LogP contribution in [0.4, 0.5) is 24.5 Å². The molecule has 46 heavy (non-hydrogen) atoms. The van der Waals surface area contributed by atoms with E-state index in [0.717, 1.165) is 51.1 Å². The molecule has 6 rings (SSSR count). The molecule has 0 unspecified atom stereocenters. The van der Waals surface area contributed by atoms with Crippen LogP contribution in [0.5, 0.6) is 5.75 Å². The highest BCUT2D eigenvalue weighted by Crippen LogP contribution is 2.40. The number of benzene rings is 4. The molecule has 0 bridgehead atoms. The third-order valence-electron chi connectivity index (χ3n) is 8.15. The molecule has 2 aliphatic heterocycles. The van der Waals surface area contributed by atoms with Gasteiger partial charge in [0.05, 0.1) is 28.0 Å². The first kappa shape index (κ1) is 32.0. The van der Waals surface area contributed by atoms with E-state index in [9.17, 15) is 35.1 Å². The Morgan fingerprint density at radius 3 is 1.83 bits per heavy atom. The van der Waals surface area contributed by atoms with E-state index in [1.807, 2.05) is 53.4 Å². The molecule has 242 valence electrons. The van der Waals surface area contributed by atoms with Crippen LogP contribution in [0.3, 0.4) is 0 Å². The van der Waals surface area contributed by atoms with E-state index < -0.39 is 56.9 Å². The number of nitrogens with zero attached hydrogens (tertiary/aromatic N) is 2. The summed E-state index contributed by atoms with van der Waals surface area (Å²) in [5.74, 6) is -0.608. The lowest BCUT2D eigenvalue weighted by atomic mass is 9.96. The van der Waals surface area contributed by atoms with Gasteiger partial charge in [0, 0.05) is 24.5 Å². The number of hydrogen-bond acceptors (Lipinski definition) is 7. The first-order valence-electron chi connectivity index (χ1n) is 14.4. The number of hydrogen-bond donors (Lipinski definition) is 2. The second-order valence-electron chi connectivity index (χ2n) is 11.1. The first-order chi connectivity index (χ1) is 21.8. The van der Waals surface area contributed by atoms with Gasteiger partial charge in [0.15, 0.2) is 0 Å². The first-order valence-corrected chi connectivity index (χ1v) is 17.3. The summed E-state index contributed by atoms with van der Waals surface area (Å²) < 4.78 is 100. The van der Waals surface area contributed by atoms with Gasteiger partial charge in [-0.15, -0.1) is 13.2 Å². The molecule has 2 aliphatic rings. The van der Waals surface area contributed by atoms with Gasteiger partial charge in [0.1, 0.15) is 5.75 Å². The van der Waals surface area contributed by atoms with Crippen molar-refractivity contribution in [3.05, 3.63) is 114 Å². The molecular weight excluding hydrogens is 643 g/mol. The van der Waals surface area contributed by atoms with Gasteiger partial charge in [0.2, 0.25) is 20.0 Å². The fourth-order valence-corrected chi connectivity index (χ4v) is 8.77. The van der Waals surface area contributed by atoms with Crippen molar-refractivity contribution < 1.29 is 39.9 Å². The molecule has 1 fully saturated rings. The number of ether oxygens (including phenoxy) is 1. The number of sulfonamides is 2. The lowest BCUT2D eigenvalue weighted by Gasteiger charge is -2.46. The Morgan fingerprint density at radius 2 is 1.26 bits per heavy atom. The van der Waals surface area contributed by atoms with Crippen LogP contribution in [-0.2, 0) is 32.9 Å². The van der Waals surface area contributed by atoms with Gasteiger partial charge in [0.25, 0.3) is 0 Å². The third-order valence-corrected chi connectivity index (χ3v) is 11.5. The summed E-state index contributed by atoms with van der Waals surface area (Å²) in [6.45, 7) is -0.566. The normalized spacial score (nSPS) is 20.8. The zero-order chi connectivity index (χ0) is 32.7. The van der Waals surface area contributed by atoms with Crippen molar-refractivity contribution in [3.8, 4) is 5.75 Å². The number of nitrogens with one attached hydrogen (secondary N) is 1. The molecule has 0 spiro atoms. The van der Waals surface area contributed by atoms with Crippen LogP contribution in [0.1, 0.15) is 11.1 Å². The topological polar surface area (TPSA) is 116 Å². The van der Waals surface area contributed by atoms with Crippen LogP contribution in [0.15, 0.2) is 113 Å². The predicted molar refractivity (Wildman–Crippen MR) is 165 cm³/mol. The molecule has 0 saturated carbocycles. The summed E-state index contributed by atoms with van der Waals surface area (Å²) in [6, 6.07) is 24.2. The van der Waals surface area contributed by atoms with E-state index in [2.05, 4.69) is 9.46 Å². The van der Waals surface area contributed by atoms with Gasteiger partial charge < -0.3 is 14.7 Å². The van der Waals surface area contributed by atoms with E-state index in [-0.39, 0.29) is 16.3 Å². The highest BCUT2D eigenvalue weighted by atomic mass is 32.2. The number of para-hydroxylation sites is 2. The number of rotatable bonds is 7. The summed E-state index contributed by atoms with van der Waals surface area (Å²) in [6.07, 6.45) is -4.98. The van der Waals surface area contributed by atoms with Crippen LogP contribution in [0, 0.1) is 0 Å². The number of aryl methyl sites for hydroxylation is 2. The standard InChI is InChI=1S/C32H30F3N3O6S2/c33-32(34,35)44-24-16-18-25(19-17-24)45(40,41)36-27-20-37(46(42,43)26-10-2-1-3-11-26)21-30(31(27)39)38-28-12-6-4-8-22(28)14-15-23-9-5-7-13-29(23)38/h1-13,16-19,27,30-31,36,39H,14-15,20-21H2/t27-,30+,31+/m1/s1. The van der Waals surface area contributed by atoms with Crippen LogP contribution < -0.4 is 14.4 Å². The largest absolute Gasteiger partial charge is 0.573 e. The van der Waals surface area contributed by atoms with Crippen molar-refractivity contribution in [3.63, 3.8) is 0 Å². The van der Waals surface area contributed by atoms with Crippen molar-refractivity contribution in [2.75, 3.05) is 18.0 Å². The van der Waals surface area contributed by atoms with Crippen molar-refractivity contribution >= 4 is 31.4 Å². The highest BCUT2D eigenvalue weighted by molar-refractivity contribution is 7.89. The van der Waals surface area contributed by atoms with Crippen molar-refractivity contribution in [2.45, 2.75) is 47.2 Å². The van der Waals surface area contributed by atoms with E-state index in [0.29, 0.717) is 12.8 Å². The Kier molecular flexibility index (Phi) is 8.59. The molecule has 0 amide bonds. The lowest BCUT2D eigenvalue weighted by molar-refractivity contribution is -0.274. The minimum absolute atomic E-state index is 0.00340. The quantitative estimate of drug-likeness (QED) is 0.295. The van der Waals surface area contributed by atoms with Crippen molar-refractivity contribution in [1.29, 1.82) is 0 Å². The average Bonchev–Trinajstić information content (AvgIpc) is 3.19. The van der Waals surface area contributed by atoms with Crippen LogP contribution in [0.2, 0.25) is 0 Å². The average molecular weight is 674 g/mol. The van der Waals surface area contributed by atoms with E-state index in [1.54, 1.807) is 18.2 Å². The number of alkyl halides is 3. The molecule has 1 saturated heterocycles. The molecule has 4 aromatic rings. The number of piperidine rings is 1. The molecule has 2 N–H and O–H groups in total. The Labute approximate surface area is 265 Å². The Hall–Kier alpha value is -3.95. The zero-order valence-corrected chi connectivity index (χ0v) is 25.8. The maximum absolute atomic E-state index is 14.0. The van der Waals surface area contributed by atoms with Crippen molar-refractivity contribution in [2.24, 2.45) is 0 Å². The van der Waals surface area contributed by atoms with Gasteiger partial charge >= 0.3 is 6.36 Å².